The number of imide groups is 1. The summed E-state index contributed by atoms with van der Waals surface area (Å²) < 4.78 is 82.4. The van der Waals surface area contributed by atoms with Crippen LogP contribution in [0.3, 0.4) is 0 Å². The van der Waals surface area contributed by atoms with Crippen LogP contribution in [0.15, 0.2) is 134 Å². The van der Waals surface area contributed by atoms with Crippen LogP contribution in [0.5, 0.6) is 23.1 Å². The molecule has 1 saturated heterocycles. The lowest BCUT2D eigenvalue weighted by atomic mass is 9.96. The highest BCUT2D eigenvalue weighted by atomic mass is 35.5. The zero-order chi connectivity index (χ0) is 87.2. The number of thiophene rings is 1. The molecule has 3 aromatic heterocycles. The Morgan fingerprint density at radius 2 is 1.50 bits per heavy atom. The number of ether oxygens (including phenoxy) is 6. The zero-order valence-electron chi connectivity index (χ0n) is 66.9. The number of hydrogen-bond acceptors (Lipinski definition) is 24. The van der Waals surface area contributed by atoms with Gasteiger partial charge in [-0.15, -0.1) is 11.3 Å². The molecule has 4 atom stereocenters. The van der Waals surface area contributed by atoms with Crippen molar-refractivity contribution in [3.8, 4) is 56.1 Å². The summed E-state index contributed by atoms with van der Waals surface area (Å²) in [5.74, 6) is -8.02. The first-order chi connectivity index (χ1) is 57.7. The van der Waals surface area contributed by atoms with Crippen LogP contribution in [0.1, 0.15) is 61.1 Å². The Balaban J connectivity index is 0.821. The van der Waals surface area contributed by atoms with E-state index in [9.17, 15) is 71.0 Å². The number of fused-ring (bicyclic) bond motifs is 1. The van der Waals surface area contributed by atoms with Gasteiger partial charge in [-0.3, -0.25) is 43.1 Å². The molecule has 5 heterocycles. The molecule has 9 amide bonds. The largest absolute Gasteiger partial charge is 0.496 e. The van der Waals surface area contributed by atoms with E-state index >= 15 is 0 Å². The molecule has 0 aliphatic carbocycles. The number of methoxy groups -OCH3 is 1. The highest BCUT2D eigenvalue weighted by Crippen LogP contribution is 2.50. The molecule has 1 fully saturated rings. The Morgan fingerprint density at radius 1 is 0.777 bits per heavy atom. The molecule has 3 unspecified atom stereocenters. The third-order valence-corrected chi connectivity index (χ3v) is 22.1. The van der Waals surface area contributed by atoms with Gasteiger partial charge in [0.25, 0.3) is 21.9 Å². The van der Waals surface area contributed by atoms with Crippen molar-refractivity contribution in [3.05, 3.63) is 173 Å². The van der Waals surface area contributed by atoms with E-state index in [0.29, 0.717) is 132 Å². The van der Waals surface area contributed by atoms with Gasteiger partial charge >= 0.3 is 24.1 Å². The maximum absolute atomic E-state index is 14.6. The van der Waals surface area contributed by atoms with E-state index in [4.69, 9.17) is 55.3 Å². The number of urea groups is 1. The van der Waals surface area contributed by atoms with Crippen molar-refractivity contribution in [2.75, 3.05) is 105 Å². The lowest BCUT2D eigenvalue weighted by molar-refractivity contribution is -0.926. The number of nitrogens with two attached hydrogens (primary N) is 1. The van der Waals surface area contributed by atoms with Crippen LogP contribution in [0.25, 0.3) is 43.2 Å². The number of aromatic nitrogens is 4. The molecule has 0 spiro atoms. The van der Waals surface area contributed by atoms with Crippen LogP contribution in [-0.4, -0.2) is 245 Å². The number of anilines is 1. The number of amides is 9. The van der Waals surface area contributed by atoms with E-state index in [0.717, 1.165) is 22.0 Å². The van der Waals surface area contributed by atoms with E-state index < -0.39 is 118 Å². The topological polar surface area (TPSA) is 468 Å². The molecular weight excluding hydrogens is 1640 g/mol. The lowest BCUT2D eigenvalue weighted by Gasteiger charge is -2.42. The summed E-state index contributed by atoms with van der Waals surface area (Å²) in [5, 5.41) is 33.9. The van der Waals surface area contributed by atoms with Crippen LogP contribution in [0, 0.1) is 18.7 Å². The summed E-state index contributed by atoms with van der Waals surface area (Å²) in [6.07, 6.45) is 2.33. The molecule has 8 aromatic rings. The Morgan fingerprint density at radius 3 is 2.19 bits per heavy atom. The molecule has 642 valence electrons. The van der Waals surface area contributed by atoms with Crippen molar-refractivity contribution in [2.24, 2.45) is 11.7 Å². The number of para-hydroxylation sites is 2. The normalized spacial score (nSPS) is 14.3. The Kier molecular flexibility index (Phi) is 31.6. The molecule has 0 radical (unpaired) electrons. The molecular formula is C82H93ClFN14O21S2+. The second-order valence-corrected chi connectivity index (χ2v) is 32.0. The third kappa shape index (κ3) is 25.4. The molecule has 35 nitrogen and oxygen atoms in total. The summed E-state index contributed by atoms with van der Waals surface area (Å²) in [7, 11) is 0.0971. The standard InChI is InChI=1S/C82H92ClFN14O21S2/c1-48(2)72(94-65(99)28-37-115-38-34-97-67(101)25-26-68(97)102)76(104)93-59(14-11-29-87-81(85)109)75(103)91-55-22-19-52(53(40-55)42-95(4)82(110)118-45-60(79(105)106)92-66(100)46-121(111,112)113)43-98(5)35-31-96(32-36-98)33-39-116-63-24-23-57(49(3)71(63)83)69-70-77(88-47-89-78(70)120-73(69)50-17-20-54(84)21-18-50)119-64(80(107)108)41-51-12-7-9-15-61(51)117-44-56-27-30-86-74(90-56)58-13-8-10-16-62(58)114-6/h7-10,12-13,15-27,30,40,47-48,59-60,64,72H,11,14,28-29,31-39,41-46H2,1-6H3,(H9-,85,87,91,92,93,94,99,100,103,104,105,106,107,108,109,111,112,113)/p+1/t59?,60?,64-,72?/m1/s1. The van der Waals surface area contributed by atoms with Crippen LogP contribution in [0.4, 0.5) is 19.7 Å². The minimum atomic E-state index is -4.85. The highest BCUT2D eigenvalue weighted by molar-refractivity contribution is 7.86. The summed E-state index contributed by atoms with van der Waals surface area (Å²) in [6, 6.07) is 25.3. The average molecular weight is 1730 g/mol. The zero-order valence-corrected chi connectivity index (χ0v) is 69.3. The highest BCUT2D eigenvalue weighted by Gasteiger charge is 2.35. The number of hydrogen-bond donors (Lipinski definition) is 9. The van der Waals surface area contributed by atoms with Gasteiger partial charge < -0.3 is 80.3 Å². The van der Waals surface area contributed by atoms with Crippen LogP contribution in [0.2, 0.25) is 5.02 Å². The van der Waals surface area contributed by atoms with Crippen molar-refractivity contribution in [2.45, 2.75) is 90.4 Å². The first-order valence-electron chi connectivity index (χ1n) is 38.3. The molecule has 39 heteroatoms. The van der Waals surface area contributed by atoms with E-state index in [1.807, 2.05) is 49.6 Å². The molecule has 2 aliphatic heterocycles. The summed E-state index contributed by atoms with van der Waals surface area (Å²) in [5.41, 5.74) is 10.8. The number of carbonyl (C=O) groups is 10. The molecule has 0 bridgehead atoms. The smallest absolute Gasteiger partial charge is 0.409 e. The van der Waals surface area contributed by atoms with Gasteiger partial charge in [-0.25, -0.2) is 43.5 Å². The number of nitrogens with zero attached hydrogens (tertiary/aromatic N) is 8. The quantitative estimate of drug-likeness (QED) is 0.00808. The fraction of sp³-hybridized carbons (Fsp3) is 0.366. The van der Waals surface area contributed by atoms with Gasteiger partial charge in [0.15, 0.2) is 17.6 Å². The van der Waals surface area contributed by atoms with E-state index in [1.54, 1.807) is 93.9 Å². The lowest BCUT2D eigenvalue weighted by Crippen LogP contribution is -2.57. The van der Waals surface area contributed by atoms with Gasteiger partial charge in [0.2, 0.25) is 35.6 Å². The fourth-order valence-electron chi connectivity index (χ4n) is 13.4. The Bertz CT molecular complexity index is 5270. The van der Waals surface area contributed by atoms with Gasteiger partial charge in [0, 0.05) is 92.7 Å². The van der Waals surface area contributed by atoms with Crippen molar-refractivity contribution in [3.63, 3.8) is 0 Å². The van der Waals surface area contributed by atoms with Gasteiger partial charge in [-0.1, -0.05) is 80.0 Å². The average Bonchev–Trinajstić information content (AvgIpc) is 1.60. The number of benzene rings is 5. The van der Waals surface area contributed by atoms with Crippen molar-refractivity contribution in [1.82, 2.24) is 55.9 Å². The number of halogens is 2. The molecule has 2 aliphatic rings. The maximum Gasteiger partial charge on any atom is 0.409 e. The number of carboxylic acids is 2. The number of rotatable bonds is 42. The molecule has 5 aromatic carbocycles. The van der Waals surface area contributed by atoms with Gasteiger partial charge in [-0.05, 0) is 108 Å². The van der Waals surface area contributed by atoms with Gasteiger partial charge in [0.1, 0.15) is 72.7 Å². The summed E-state index contributed by atoms with van der Waals surface area (Å²) in [6.45, 7) is 7.21. The number of nitrogens with one attached hydrogen (secondary N) is 5. The summed E-state index contributed by atoms with van der Waals surface area (Å²) in [4.78, 5) is 152. The van der Waals surface area contributed by atoms with Crippen molar-refractivity contribution < 1.29 is 108 Å². The number of primary amides is 1. The van der Waals surface area contributed by atoms with Crippen LogP contribution >= 0.6 is 22.9 Å². The summed E-state index contributed by atoms with van der Waals surface area (Å²) >= 11 is 8.56. The molecule has 10 N–H and O–H groups in total. The number of carboxylic acid groups (broad SMARTS) is 2. The first-order valence-corrected chi connectivity index (χ1v) is 41.1. The maximum atomic E-state index is 14.6. The SMILES string of the molecule is COc1ccccc1-c1nccc(COc2ccccc2C[C@@H](Oc2ncnc3sc(-c4ccc(F)cc4)c(-c4ccc(OCCN5CC[N+](C)(Cc6ccc(NC(=O)C(CCCNC(N)=O)NC(=O)C(NC(=O)CCOCCN7C(=O)C=CC7=O)C(C)C)cc6CN(C)C(=O)OCC(NC(=O)CS(=O)(=O)O)C(=O)O)CC5)c(Cl)c4C)c23)C(=O)O)n1. The second kappa shape index (κ2) is 42.1. The van der Waals surface area contributed by atoms with Gasteiger partial charge in [0.05, 0.1) is 68.7 Å². The molecule has 10 rings (SSSR count). The van der Waals surface area contributed by atoms with Gasteiger partial charge in [-0.2, -0.15) is 8.42 Å². The monoisotopic (exact) mass is 1730 g/mol. The number of piperazine rings is 1. The van der Waals surface area contributed by atoms with Crippen molar-refractivity contribution in [1.29, 1.82) is 0 Å². The fourth-order valence-corrected chi connectivity index (χ4v) is 15.2. The predicted molar refractivity (Wildman–Crippen MR) is 441 cm³/mol. The Hall–Kier alpha value is -12.3. The predicted octanol–water partition coefficient (Wildman–Crippen LogP) is 6.96. The van der Waals surface area contributed by atoms with E-state index in [2.05, 4.69) is 41.1 Å². The van der Waals surface area contributed by atoms with E-state index in [1.165, 1.54) is 36.8 Å². The first kappa shape index (κ1) is 91.0. The van der Waals surface area contributed by atoms with Crippen LogP contribution in [-0.2, 0) is 84.1 Å². The third-order valence-electron chi connectivity index (χ3n) is 19.9. The van der Waals surface area contributed by atoms with Crippen molar-refractivity contribution >= 4 is 108 Å². The number of quaternary nitrogens is 1. The number of carbonyl (C=O) groups excluding carboxylic acids is 8. The number of likely N-dealkylation sites (N-methyl/N-ethyl adjacent to an activating group) is 1. The molecule has 121 heavy (non-hydrogen) atoms. The van der Waals surface area contributed by atoms with E-state index in [-0.39, 0.29) is 88.3 Å². The number of aliphatic carboxylic acids is 2. The minimum Gasteiger partial charge on any atom is -0.496 e. The molecule has 0 saturated carbocycles. The van der Waals surface area contributed by atoms with Crippen LogP contribution < -0.4 is 51.3 Å². The Labute approximate surface area is 704 Å². The second-order valence-electron chi connectivity index (χ2n) is 29.2. The minimum absolute atomic E-state index is 0.0179.